The molecule has 0 atom stereocenters. The molecular weight excluding hydrogens is 224 g/mol. The Morgan fingerprint density at radius 3 is 2.50 bits per heavy atom. The van der Waals surface area contributed by atoms with Gasteiger partial charge in [-0.3, -0.25) is 4.98 Å². The van der Waals surface area contributed by atoms with Gasteiger partial charge in [-0.2, -0.15) is 0 Å². The summed E-state index contributed by atoms with van der Waals surface area (Å²) in [6.07, 6.45) is 6.98. The zero-order valence-corrected chi connectivity index (χ0v) is 10.8. The lowest BCUT2D eigenvalue weighted by Crippen LogP contribution is -2.32. The lowest BCUT2D eigenvalue weighted by atomic mass is 10.00. The van der Waals surface area contributed by atoms with Crippen LogP contribution in [0, 0.1) is 0 Å². The molecule has 2 aromatic rings. The smallest absolute Gasteiger partial charge is 0.129 e. The fourth-order valence-corrected chi connectivity index (χ4v) is 1.64. The van der Waals surface area contributed by atoms with E-state index in [1.54, 1.807) is 18.6 Å². The third kappa shape index (κ3) is 3.60. The maximum atomic E-state index is 5.97. The number of nitrogens with zero attached hydrogens (tertiary/aromatic N) is 3. The number of hydrogen-bond donors (Lipinski definition) is 1. The van der Waals surface area contributed by atoms with Crippen LogP contribution >= 0.6 is 0 Å². The SMILES string of the molecule is CC(C)(N)CCc1nccc(-c2ccncc2)n1. The highest BCUT2D eigenvalue weighted by Crippen LogP contribution is 2.16. The normalized spacial score (nSPS) is 11.5. The van der Waals surface area contributed by atoms with Gasteiger partial charge in [-0.05, 0) is 38.5 Å². The maximum Gasteiger partial charge on any atom is 0.129 e. The molecule has 4 nitrogen and oxygen atoms in total. The van der Waals surface area contributed by atoms with E-state index in [0.29, 0.717) is 0 Å². The highest BCUT2D eigenvalue weighted by molar-refractivity contribution is 5.57. The summed E-state index contributed by atoms with van der Waals surface area (Å²) < 4.78 is 0. The summed E-state index contributed by atoms with van der Waals surface area (Å²) in [4.78, 5) is 12.8. The molecule has 94 valence electrons. The van der Waals surface area contributed by atoms with Crippen molar-refractivity contribution in [2.45, 2.75) is 32.2 Å². The summed E-state index contributed by atoms with van der Waals surface area (Å²) in [5.41, 5.74) is 7.77. The Kier molecular flexibility index (Phi) is 3.67. The van der Waals surface area contributed by atoms with Crippen molar-refractivity contribution in [3.05, 3.63) is 42.6 Å². The molecule has 0 saturated heterocycles. The van der Waals surface area contributed by atoms with Gasteiger partial charge in [0.15, 0.2) is 0 Å². The zero-order valence-electron chi connectivity index (χ0n) is 10.8. The second-order valence-corrected chi connectivity index (χ2v) is 5.08. The van der Waals surface area contributed by atoms with Crippen LogP contribution in [-0.4, -0.2) is 20.5 Å². The standard InChI is InChI=1S/C14H18N4/c1-14(2,15)7-3-13-17-10-6-12(18-13)11-4-8-16-9-5-11/h4-6,8-10H,3,7,15H2,1-2H3. The van der Waals surface area contributed by atoms with Crippen molar-refractivity contribution >= 4 is 0 Å². The van der Waals surface area contributed by atoms with E-state index in [1.807, 2.05) is 32.0 Å². The first-order valence-corrected chi connectivity index (χ1v) is 6.06. The van der Waals surface area contributed by atoms with Gasteiger partial charge in [-0.15, -0.1) is 0 Å². The molecule has 0 unspecified atom stereocenters. The summed E-state index contributed by atoms with van der Waals surface area (Å²) in [5, 5.41) is 0. The third-order valence-electron chi connectivity index (χ3n) is 2.67. The van der Waals surface area contributed by atoms with E-state index in [1.165, 1.54) is 0 Å². The van der Waals surface area contributed by atoms with Crippen molar-refractivity contribution in [1.82, 2.24) is 15.0 Å². The van der Waals surface area contributed by atoms with Crippen LogP contribution in [0.2, 0.25) is 0 Å². The first-order chi connectivity index (χ1) is 8.54. The Morgan fingerprint density at radius 1 is 1.11 bits per heavy atom. The molecule has 0 radical (unpaired) electrons. The molecule has 0 fully saturated rings. The van der Waals surface area contributed by atoms with Crippen LogP contribution in [-0.2, 0) is 6.42 Å². The molecule has 0 aliphatic heterocycles. The Bertz CT molecular complexity index is 503. The second kappa shape index (κ2) is 5.23. The lowest BCUT2D eigenvalue weighted by molar-refractivity contribution is 0.471. The second-order valence-electron chi connectivity index (χ2n) is 5.08. The number of pyridine rings is 1. The molecule has 2 aromatic heterocycles. The Morgan fingerprint density at radius 2 is 1.83 bits per heavy atom. The van der Waals surface area contributed by atoms with Gasteiger partial charge in [-0.1, -0.05) is 0 Å². The van der Waals surface area contributed by atoms with Crippen LogP contribution in [0.1, 0.15) is 26.1 Å². The van der Waals surface area contributed by atoms with E-state index < -0.39 is 0 Å². The average Bonchev–Trinajstić information content (AvgIpc) is 2.37. The van der Waals surface area contributed by atoms with Crippen LogP contribution in [0.3, 0.4) is 0 Å². The lowest BCUT2D eigenvalue weighted by Gasteiger charge is -2.17. The van der Waals surface area contributed by atoms with E-state index in [2.05, 4.69) is 15.0 Å². The topological polar surface area (TPSA) is 64.7 Å². The highest BCUT2D eigenvalue weighted by atomic mass is 14.9. The van der Waals surface area contributed by atoms with Crippen LogP contribution in [0.15, 0.2) is 36.8 Å². The highest BCUT2D eigenvalue weighted by Gasteiger charge is 2.11. The number of aromatic nitrogens is 3. The van der Waals surface area contributed by atoms with E-state index in [9.17, 15) is 0 Å². The first kappa shape index (κ1) is 12.6. The minimum absolute atomic E-state index is 0.184. The largest absolute Gasteiger partial charge is 0.326 e. The van der Waals surface area contributed by atoms with Crippen molar-refractivity contribution in [2.24, 2.45) is 5.73 Å². The van der Waals surface area contributed by atoms with Gasteiger partial charge in [-0.25, -0.2) is 9.97 Å². The maximum absolute atomic E-state index is 5.97. The molecule has 0 saturated carbocycles. The number of nitrogens with two attached hydrogens (primary N) is 1. The summed E-state index contributed by atoms with van der Waals surface area (Å²) in [6, 6.07) is 5.80. The van der Waals surface area contributed by atoms with Gasteiger partial charge in [0.1, 0.15) is 5.82 Å². The molecule has 0 aliphatic carbocycles. The Balaban J connectivity index is 2.16. The van der Waals surface area contributed by atoms with Crippen LogP contribution < -0.4 is 5.73 Å². The molecular formula is C14H18N4. The number of aryl methyl sites for hydroxylation is 1. The summed E-state index contributed by atoms with van der Waals surface area (Å²) >= 11 is 0. The summed E-state index contributed by atoms with van der Waals surface area (Å²) in [7, 11) is 0. The number of hydrogen-bond acceptors (Lipinski definition) is 4. The van der Waals surface area contributed by atoms with Crippen LogP contribution in [0.5, 0.6) is 0 Å². The summed E-state index contributed by atoms with van der Waals surface area (Å²) in [5.74, 6) is 0.836. The van der Waals surface area contributed by atoms with E-state index in [-0.39, 0.29) is 5.54 Å². The summed E-state index contributed by atoms with van der Waals surface area (Å²) in [6.45, 7) is 4.03. The van der Waals surface area contributed by atoms with E-state index >= 15 is 0 Å². The molecule has 4 heteroatoms. The van der Waals surface area contributed by atoms with Crippen molar-refractivity contribution in [3.63, 3.8) is 0 Å². The Labute approximate surface area is 107 Å². The van der Waals surface area contributed by atoms with Crippen molar-refractivity contribution in [1.29, 1.82) is 0 Å². The molecule has 0 bridgehead atoms. The van der Waals surface area contributed by atoms with Crippen molar-refractivity contribution in [2.75, 3.05) is 0 Å². The van der Waals surface area contributed by atoms with Gasteiger partial charge in [0.05, 0.1) is 5.69 Å². The van der Waals surface area contributed by atoms with Crippen molar-refractivity contribution < 1.29 is 0 Å². The molecule has 2 rings (SSSR count). The van der Waals surface area contributed by atoms with E-state index in [0.717, 1.165) is 29.9 Å². The minimum atomic E-state index is -0.184. The van der Waals surface area contributed by atoms with Crippen molar-refractivity contribution in [3.8, 4) is 11.3 Å². The van der Waals surface area contributed by atoms with Crippen LogP contribution in [0.4, 0.5) is 0 Å². The fraction of sp³-hybridized carbons (Fsp3) is 0.357. The number of rotatable bonds is 4. The molecule has 0 aromatic carbocycles. The quantitative estimate of drug-likeness (QED) is 0.892. The molecule has 2 N–H and O–H groups in total. The van der Waals surface area contributed by atoms with Gasteiger partial charge in [0.25, 0.3) is 0 Å². The van der Waals surface area contributed by atoms with Gasteiger partial charge in [0.2, 0.25) is 0 Å². The predicted molar refractivity (Wildman–Crippen MR) is 71.9 cm³/mol. The average molecular weight is 242 g/mol. The fourth-order valence-electron chi connectivity index (χ4n) is 1.64. The van der Waals surface area contributed by atoms with Crippen LogP contribution in [0.25, 0.3) is 11.3 Å². The molecule has 18 heavy (non-hydrogen) atoms. The molecule has 0 spiro atoms. The zero-order chi connectivity index (χ0) is 13.0. The third-order valence-corrected chi connectivity index (χ3v) is 2.67. The van der Waals surface area contributed by atoms with Gasteiger partial charge >= 0.3 is 0 Å². The molecule has 0 amide bonds. The first-order valence-electron chi connectivity index (χ1n) is 6.06. The monoisotopic (exact) mass is 242 g/mol. The predicted octanol–water partition coefficient (Wildman–Crippen LogP) is 2.21. The van der Waals surface area contributed by atoms with Gasteiger partial charge < -0.3 is 5.73 Å². The molecule has 2 heterocycles. The van der Waals surface area contributed by atoms with E-state index in [4.69, 9.17) is 5.73 Å². The van der Waals surface area contributed by atoms with Gasteiger partial charge in [0, 0.05) is 36.1 Å². The minimum Gasteiger partial charge on any atom is -0.326 e. The molecule has 0 aliphatic rings. The Hall–Kier alpha value is -1.81.